The van der Waals surface area contributed by atoms with E-state index in [4.69, 9.17) is 10.5 Å². The number of phenols is 1. The van der Waals surface area contributed by atoms with E-state index in [1.165, 1.54) is 12.1 Å². The Morgan fingerprint density at radius 2 is 1.88 bits per heavy atom. The Kier molecular flexibility index (Phi) is 2.96. The molecular weight excluding hydrogens is 218 g/mol. The van der Waals surface area contributed by atoms with E-state index < -0.39 is 5.91 Å². The maximum absolute atomic E-state index is 11.2. The molecule has 4 heteroatoms. The lowest BCUT2D eigenvalue weighted by Gasteiger charge is -2.08. The van der Waals surface area contributed by atoms with Crippen LogP contribution in [0.2, 0.25) is 0 Å². The zero-order valence-corrected chi connectivity index (χ0v) is 8.96. The summed E-state index contributed by atoms with van der Waals surface area (Å²) in [6.45, 7) is 0. The molecule has 4 nitrogen and oxygen atoms in total. The second kappa shape index (κ2) is 4.57. The number of ether oxygens (including phenoxy) is 1. The molecule has 17 heavy (non-hydrogen) atoms. The van der Waals surface area contributed by atoms with Crippen molar-refractivity contribution in [2.75, 3.05) is 0 Å². The van der Waals surface area contributed by atoms with Gasteiger partial charge in [0.25, 0.3) is 5.91 Å². The summed E-state index contributed by atoms with van der Waals surface area (Å²) in [6.07, 6.45) is 0. The van der Waals surface area contributed by atoms with Crippen LogP contribution in [0.4, 0.5) is 0 Å². The number of carbonyl (C=O) groups excluding carboxylic acids is 1. The lowest BCUT2D eigenvalue weighted by atomic mass is 10.2. The van der Waals surface area contributed by atoms with Crippen LogP contribution in [0.15, 0.2) is 48.5 Å². The molecule has 0 saturated heterocycles. The fourth-order valence-electron chi connectivity index (χ4n) is 1.43. The van der Waals surface area contributed by atoms with E-state index >= 15 is 0 Å². The normalized spacial score (nSPS) is 9.88. The molecule has 0 aromatic heterocycles. The van der Waals surface area contributed by atoms with Gasteiger partial charge in [-0.15, -0.1) is 0 Å². The van der Waals surface area contributed by atoms with Gasteiger partial charge < -0.3 is 15.6 Å². The Balaban J connectivity index is 2.33. The third kappa shape index (κ3) is 2.55. The first-order chi connectivity index (χ1) is 8.16. The number of para-hydroxylation sites is 1. The van der Waals surface area contributed by atoms with Gasteiger partial charge in [-0.1, -0.05) is 18.2 Å². The number of nitrogens with two attached hydrogens (primary N) is 1. The molecule has 0 saturated carbocycles. The molecule has 0 aliphatic rings. The van der Waals surface area contributed by atoms with Crippen molar-refractivity contribution in [3.63, 3.8) is 0 Å². The zero-order chi connectivity index (χ0) is 12.3. The Hall–Kier alpha value is -2.49. The minimum absolute atomic E-state index is 0.0963. The van der Waals surface area contributed by atoms with Gasteiger partial charge >= 0.3 is 0 Å². The SMILES string of the molecule is NC(=O)c1ccccc1Oc1cccc(O)c1. The Bertz CT molecular complexity index is 552. The molecule has 3 N–H and O–H groups in total. The molecule has 0 aliphatic carbocycles. The largest absolute Gasteiger partial charge is 0.508 e. The number of primary amides is 1. The van der Waals surface area contributed by atoms with E-state index in [9.17, 15) is 9.90 Å². The molecule has 1 amide bonds. The number of hydrogen-bond acceptors (Lipinski definition) is 3. The van der Waals surface area contributed by atoms with Crippen LogP contribution in [-0.2, 0) is 0 Å². The van der Waals surface area contributed by atoms with Crippen LogP contribution in [0.3, 0.4) is 0 Å². The minimum atomic E-state index is -0.555. The van der Waals surface area contributed by atoms with Crippen molar-refractivity contribution < 1.29 is 14.6 Å². The molecule has 0 fully saturated rings. The van der Waals surface area contributed by atoms with Gasteiger partial charge in [-0.2, -0.15) is 0 Å². The fourth-order valence-corrected chi connectivity index (χ4v) is 1.43. The number of amides is 1. The number of carbonyl (C=O) groups is 1. The zero-order valence-electron chi connectivity index (χ0n) is 8.96. The molecule has 2 aromatic carbocycles. The first kappa shape index (κ1) is 11.0. The Morgan fingerprint density at radius 1 is 1.12 bits per heavy atom. The van der Waals surface area contributed by atoms with Crippen LogP contribution in [0, 0.1) is 0 Å². The number of aromatic hydroxyl groups is 1. The molecule has 0 spiro atoms. The van der Waals surface area contributed by atoms with Gasteiger partial charge in [0.05, 0.1) is 5.56 Å². The van der Waals surface area contributed by atoms with Gasteiger partial charge in [-0.25, -0.2) is 0 Å². The Morgan fingerprint density at radius 3 is 2.59 bits per heavy atom. The van der Waals surface area contributed by atoms with E-state index in [-0.39, 0.29) is 5.75 Å². The smallest absolute Gasteiger partial charge is 0.252 e. The summed E-state index contributed by atoms with van der Waals surface area (Å²) in [5, 5.41) is 9.30. The monoisotopic (exact) mass is 229 g/mol. The standard InChI is InChI=1S/C13H11NO3/c14-13(16)11-6-1-2-7-12(11)17-10-5-3-4-9(15)8-10/h1-8,15H,(H2,14,16). The molecule has 0 bridgehead atoms. The van der Waals surface area contributed by atoms with E-state index in [1.54, 1.807) is 36.4 Å². The van der Waals surface area contributed by atoms with E-state index in [2.05, 4.69) is 0 Å². The summed E-state index contributed by atoms with van der Waals surface area (Å²) in [5.41, 5.74) is 5.53. The van der Waals surface area contributed by atoms with Gasteiger partial charge in [0.15, 0.2) is 0 Å². The van der Waals surface area contributed by atoms with Crippen molar-refractivity contribution in [1.29, 1.82) is 0 Å². The van der Waals surface area contributed by atoms with Crippen molar-refractivity contribution in [1.82, 2.24) is 0 Å². The molecule has 2 aromatic rings. The van der Waals surface area contributed by atoms with Crippen LogP contribution in [0.25, 0.3) is 0 Å². The van der Waals surface area contributed by atoms with Crippen molar-refractivity contribution in [2.45, 2.75) is 0 Å². The second-order valence-electron chi connectivity index (χ2n) is 3.46. The summed E-state index contributed by atoms with van der Waals surface area (Å²) in [7, 11) is 0. The number of hydrogen-bond donors (Lipinski definition) is 2. The van der Waals surface area contributed by atoms with Gasteiger partial charge in [0, 0.05) is 6.07 Å². The quantitative estimate of drug-likeness (QED) is 0.848. The van der Waals surface area contributed by atoms with E-state index in [0.717, 1.165) is 0 Å². The van der Waals surface area contributed by atoms with Gasteiger partial charge in [-0.3, -0.25) is 4.79 Å². The van der Waals surface area contributed by atoms with Crippen LogP contribution in [0.5, 0.6) is 17.2 Å². The average molecular weight is 229 g/mol. The van der Waals surface area contributed by atoms with E-state index in [0.29, 0.717) is 17.1 Å². The van der Waals surface area contributed by atoms with Crippen molar-refractivity contribution >= 4 is 5.91 Å². The molecule has 0 atom stereocenters. The molecule has 0 aliphatic heterocycles. The summed E-state index contributed by atoms with van der Waals surface area (Å²) < 4.78 is 5.49. The van der Waals surface area contributed by atoms with Crippen LogP contribution in [0.1, 0.15) is 10.4 Å². The van der Waals surface area contributed by atoms with E-state index in [1.807, 2.05) is 0 Å². The topological polar surface area (TPSA) is 72.6 Å². The second-order valence-corrected chi connectivity index (χ2v) is 3.46. The summed E-state index contributed by atoms with van der Waals surface area (Å²) >= 11 is 0. The predicted molar refractivity (Wildman–Crippen MR) is 63.1 cm³/mol. The van der Waals surface area contributed by atoms with Gasteiger partial charge in [0.2, 0.25) is 0 Å². The van der Waals surface area contributed by atoms with Crippen molar-refractivity contribution in [3.05, 3.63) is 54.1 Å². The molecule has 86 valence electrons. The highest BCUT2D eigenvalue weighted by Gasteiger charge is 2.09. The lowest BCUT2D eigenvalue weighted by molar-refractivity contribution is 0.0998. The molecule has 0 unspecified atom stereocenters. The van der Waals surface area contributed by atoms with Gasteiger partial charge in [-0.05, 0) is 24.3 Å². The number of phenolic OH excluding ortho intramolecular Hbond substituents is 1. The first-order valence-electron chi connectivity index (χ1n) is 5.02. The molecule has 2 rings (SSSR count). The number of benzene rings is 2. The average Bonchev–Trinajstić information content (AvgIpc) is 2.29. The first-order valence-corrected chi connectivity index (χ1v) is 5.02. The summed E-state index contributed by atoms with van der Waals surface area (Å²) in [4.78, 5) is 11.2. The van der Waals surface area contributed by atoms with Crippen LogP contribution < -0.4 is 10.5 Å². The minimum Gasteiger partial charge on any atom is -0.508 e. The van der Waals surface area contributed by atoms with Crippen molar-refractivity contribution in [3.8, 4) is 17.2 Å². The highest BCUT2D eigenvalue weighted by molar-refractivity contribution is 5.95. The Labute approximate surface area is 98.3 Å². The van der Waals surface area contributed by atoms with Crippen LogP contribution >= 0.6 is 0 Å². The third-order valence-electron chi connectivity index (χ3n) is 2.20. The van der Waals surface area contributed by atoms with Crippen LogP contribution in [-0.4, -0.2) is 11.0 Å². The lowest BCUT2D eigenvalue weighted by Crippen LogP contribution is -2.11. The maximum Gasteiger partial charge on any atom is 0.252 e. The third-order valence-corrected chi connectivity index (χ3v) is 2.20. The number of rotatable bonds is 3. The molecular formula is C13H11NO3. The summed E-state index contributed by atoms with van der Waals surface area (Å²) in [6, 6.07) is 13.0. The highest BCUT2D eigenvalue weighted by atomic mass is 16.5. The predicted octanol–water partition coefficient (Wildman–Crippen LogP) is 2.28. The fraction of sp³-hybridized carbons (Fsp3) is 0. The highest BCUT2D eigenvalue weighted by Crippen LogP contribution is 2.27. The molecule has 0 heterocycles. The summed E-state index contributed by atoms with van der Waals surface area (Å²) in [5.74, 6) is 0.351. The van der Waals surface area contributed by atoms with Gasteiger partial charge in [0.1, 0.15) is 17.2 Å². The van der Waals surface area contributed by atoms with Crippen molar-refractivity contribution in [2.24, 2.45) is 5.73 Å². The maximum atomic E-state index is 11.2. The molecule has 0 radical (unpaired) electrons.